The van der Waals surface area contributed by atoms with Gasteiger partial charge in [0.1, 0.15) is 6.04 Å². The van der Waals surface area contributed by atoms with Crippen LogP contribution in [0.3, 0.4) is 0 Å². The predicted molar refractivity (Wildman–Crippen MR) is 84.7 cm³/mol. The first-order valence-electron chi connectivity index (χ1n) is 7.62. The second kappa shape index (κ2) is 7.41. The molecular weight excluding hydrogens is 262 g/mol. The van der Waals surface area contributed by atoms with E-state index >= 15 is 0 Å². The van der Waals surface area contributed by atoms with Gasteiger partial charge in [-0.3, -0.25) is 4.79 Å². The van der Waals surface area contributed by atoms with Crippen molar-refractivity contribution < 1.29 is 9.53 Å². The second-order valence-corrected chi connectivity index (χ2v) is 6.06. The lowest BCUT2D eigenvalue weighted by molar-refractivity contribution is -0.145. The molecule has 3 unspecified atom stereocenters. The normalized spacial score (nSPS) is 23.3. The Morgan fingerprint density at radius 1 is 1.38 bits per heavy atom. The van der Waals surface area contributed by atoms with E-state index in [1.807, 2.05) is 18.2 Å². The van der Waals surface area contributed by atoms with Crippen LogP contribution in [0.25, 0.3) is 0 Å². The van der Waals surface area contributed by atoms with Crippen LogP contribution < -0.4 is 5.32 Å². The van der Waals surface area contributed by atoms with E-state index in [-0.39, 0.29) is 12.0 Å². The Balaban J connectivity index is 2.05. The monoisotopic (exact) mass is 287 g/mol. The van der Waals surface area contributed by atoms with E-state index in [9.17, 15) is 4.79 Å². The first kappa shape index (κ1) is 15.8. The molecule has 0 spiro atoms. The number of esters is 1. The Morgan fingerprint density at radius 2 is 2.10 bits per heavy atom. The first-order valence-corrected chi connectivity index (χ1v) is 7.62. The van der Waals surface area contributed by atoms with Gasteiger partial charge in [-0.2, -0.15) is 0 Å². The summed E-state index contributed by atoms with van der Waals surface area (Å²) < 4.78 is 5.00. The molecule has 0 saturated heterocycles. The molecule has 0 fully saturated rings. The molecule has 0 bridgehead atoms. The summed E-state index contributed by atoms with van der Waals surface area (Å²) in [4.78, 5) is 12.1. The molecule has 1 aromatic rings. The highest BCUT2D eigenvalue weighted by Gasteiger charge is 2.31. The van der Waals surface area contributed by atoms with Crippen LogP contribution in [0.1, 0.15) is 32.3 Å². The van der Waals surface area contributed by atoms with E-state index < -0.39 is 0 Å². The van der Waals surface area contributed by atoms with Crippen molar-refractivity contribution in [1.29, 1.82) is 0 Å². The molecule has 0 heterocycles. The summed E-state index contributed by atoms with van der Waals surface area (Å²) in [5.74, 6) is 0.674. The number of hydrogen-bond donors (Lipinski definition) is 1. The molecule has 1 aliphatic rings. The lowest BCUT2D eigenvalue weighted by Gasteiger charge is -2.31. The van der Waals surface area contributed by atoms with E-state index in [2.05, 4.69) is 37.4 Å². The average molecular weight is 287 g/mol. The van der Waals surface area contributed by atoms with Crippen LogP contribution in [0.15, 0.2) is 42.0 Å². The van der Waals surface area contributed by atoms with Crippen LogP contribution in [-0.2, 0) is 16.1 Å². The van der Waals surface area contributed by atoms with Gasteiger partial charge in [-0.15, -0.1) is 0 Å². The number of methoxy groups -OCH3 is 1. The number of allylic oxidation sites excluding steroid dienone is 2. The van der Waals surface area contributed by atoms with Gasteiger partial charge in [0.25, 0.3) is 0 Å². The van der Waals surface area contributed by atoms with Crippen LogP contribution >= 0.6 is 0 Å². The molecule has 3 atom stereocenters. The Kier molecular flexibility index (Phi) is 5.57. The summed E-state index contributed by atoms with van der Waals surface area (Å²) >= 11 is 0. The molecule has 3 nitrogen and oxygen atoms in total. The third-order valence-corrected chi connectivity index (χ3v) is 4.12. The highest BCUT2D eigenvalue weighted by molar-refractivity contribution is 5.76. The molecule has 1 aromatic carbocycles. The van der Waals surface area contributed by atoms with Gasteiger partial charge in [-0.05, 0) is 37.2 Å². The smallest absolute Gasteiger partial charge is 0.323 e. The maximum atomic E-state index is 12.1. The predicted octanol–water partition coefficient (Wildman–Crippen LogP) is 3.31. The van der Waals surface area contributed by atoms with Crippen molar-refractivity contribution in [2.24, 2.45) is 11.8 Å². The van der Waals surface area contributed by atoms with Crippen LogP contribution in [0.5, 0.6) is 0 Å². The van der Waals surface area contributed by atoms with Crippen molar-refractivity contribution in [3.05, 3.63) is 47.5 Å². The summed E-state index contributed by atoms with van der Waals surface area (Å²) in [6.45, 7) is 5.05. The van der Waals surface area contributed by atoms with Crippen molar-refractivity contribution >= 4 is 5.97 Å². The highest BCUT2D eigenvalue weighted by atomic mass is 16.5. The zero-order chi connectivity index (χ0) is 15.2. The minimum atomic E-state index is -0.235. The third-order valence-electron chi connectivity index (χ3n) is 4.12. The van der Waals surface area contributed by atoms with Gasteiger partial charge in [-0.25, -0.2) is 0 Å². The van der Waals surface area contributed by atoms with Gasteiger partial charge in [0, 0.05) is 6.54 Å². The minimum Gasteiger partial charge on any atom is -0.468 e. The third kappa shape index (κ3) is 4.43. The van der Waals surface area contributed by atoms with E-state index in [0.29, 0.717) is 18.4 Å². The maximum Gasteiger partial charge on any atom is 0.323 e. The molecular formula is C18H25NO2. The van der Waals surface area contributed by atoms with Gasteiger partial charge >= 0.3 is 5.97 Å². The van der Waals surface area contributed by atoms with Crippen molar-refractivity contribution in [1.82, 2.24) is 5.32 Å². The second-order valence-electron chi connectivity index (χ2n) is 6.06. The molecule has 1 N–H and O–H groups in total. The van der Waals surface area contributed by atoms with Gasteiger partial charge in [0.2, 0.25) is 0 Å². The summed E-state index contributed by atoms with van der Waals surface area (Å²) in [5, 5.41) is 3.40. The van der Waals surface area contributed by atoms with Gasteiger partial charge in [0.05, 0.1) is 7.11 Å². The molecule has 0 amide bonds. The molecule has 114 valence electrons. The molecule has 0 aromatic heterocycles. The average Bonchev–Trinajstić information content (AvgIpc) is 2.47. The van der Waals surface area contributed by atoms with Crippen LogP contribution in [-0.4, -0.2) is 19.1 Å². The standard InChI is InChI=1S/C18H25NO2/c1-13-9-14(2)11-16(10-13)17(18(20)21-3)19-12-15-7-5-4-6-8-15/h4-9,13,16-17,19H,10-12H2,1-3H3. The zero-order valence-corrected chi connectivity index (χ0v) is 13.1. The summed E-state index contributed by atoms with van der Waals surface area (Å²) in [5.41, 5.74) is 2.55. The molecule has 1 aliphatic carbocycles. The Hall–Kier alpha value is -1.61. The Bertz CT molecular complexity index is 495. The van der Waals surface area contributed by atoms with Gasteiger partial charge < -0.3 is 10.1 Å². The van der Waals surface area contributed by atoms with Crippen molar-refractivity contribution in [3.63, 3.8) is 0 Å². The Labute approximate surface area is 127 Å². The number of rotatable bonds is 5. The highest BCUT2D eigenvalue weighted by Crippen LogP contribution is 2.30. The molecule has 2 rings (SSSR count). The van der Waals surface area contributed by atoms with Gasteiger partial charge in [0.15, 0.2) is 0 Å². The van der Waals surface area contributed by atoms with E-state index in [1.54, 1.807) is 0 Å². The molecule has 3 heteroatoms. The van der Waals surface area contributed by atoms with Crippen LogP contribution in [0.2, 0.25) is 0 Å². The summed E-state index contributed by atoms with van der Waals surface area (Å²) in [6.07, 6.45) is 4.30. The SMILES string of the molecule is COC(=O)C(NCc1ccccc1)C1CC(C)=CC(C)C1. The van der Waals surface area contributed by atoms with Gasteiger partial charge in [-0.1, -0.05) is 48.9 Å². The number of carbonyl (C=O) groups is 1. The fourth-order valence-electron chi connectivity index (χ4n) is 3.24. The van der Waals surface area contributed by atoms with E-state index in [1.165, 1.54) is 18.2 Å². The minimum absolute atomic E-state index is 0.155. The number of benzene rings is 1. The quantitative estimate of drug-likeness (QED) is 0.667. The summed E-state index contributed by atoms with van der Waals surface area (Å²) in [7, 11) is 1.47. The molecule has 0 aliphatic heterocycles. The van der Waals surface area contributed by atoms with Crippen molar-refractivity contribution in [3.8, 4) is 0 Å². The largest absolute Gasteiger partial charge is 0.468 e. The van der Waals surface area contributed by atoms with Crippen LogP contribution in [0.4, 0.5) is 0 Å². The first-order chi connectivity index (χ1) is 10.1. The topological polar surface area (TPSA) is 38.3 Å². The summed E-state index contributed by atoms with van der Waals surface area (Å²) in [6, 6.07) is 9.92. The number of ether oxygens (including phenoxy) is 1. The molecule has 0 saturated carbocycles. The van der Waals surface area contributed by atoms with E-state index in [4.69, 9.17) is 4.74 Å². The molecule has 0 radical (unpaired) electrons. The Morgan fingerprint density at radius 3 is 2.71 bits per heavy atom. The maximum absolute atomic E-state index is 12.1. The number of carbonyl (C=O) groups excluding carboxylic acids is 1. The lowest BCUT2D eigenvalue weighted by Crippen LogP contribution is -2.44. The zero-order valence-electron chi connectivity index (χ0n) is 13.1. The fraction of sp³-hybridized carbons (Fsp3) is 0.500. The molecule has 21 heavy (non-hydrogen) atoms. The van der Waals surface area contributed by atoms with Crippen molar-refractivity contribution in [2.45, 2.75) is 39.3 Å². The van der Waals surface area contributed by atoms with Crippen LogP contribution in [0, 0.1) is 11.8 Å². The van der Waals surface area contributed by atoms with Crippen molar-refractivity contribution in [2.75, 3.05) is 7.11 Å². The van der Waals surface area contributed by atoms with E-state index in [0.717, 1.165) is 12.8 Å². The number of nitrogens with one attached hydrogen (secondary N) is 1. The number of hydrogen-bond acceptors (Lipinski definition) is 3. The lowest BCUT2D eigenvalue weighted by atomic mass is 9.79. The fourth-order valence-corrected chi connectivity index (χ4v) is 3.24.